The van der Waals surface area contributed by atoms with Gasteiger partial charge in [-0.2, -0.15) is 0 Å². The predicted molar refractivity (Wildman–Crippen MR) is 90.5 cm³/mol. The Bertz CT molecular complexity index is 753. The summed E-state index contributed by atoms with van der Waals surface area (Å²) >= 11 is 1.76. The van der Waals surface area contributed by atoms with Gasteiger partial charge in [-0.25, -0.2) is 4.98 Å². The van der Waals surface area contributed by atoms with Gasteiger partial charge in [-0.15, -0.1) is 0 Å². The van der Waals surface area contributed by atoms with Crippen molar-refractivity contribution >= 4 is 17.7 Å². The summed E-state index contributed by atoms with van der Waals surface area (Å²) in [6, 6.07) is 5.73. The first-order valence-corrected chi connectivity index (χ1v) is 8.98. The SMILES string of the molecule is COc1ccc2c(c1)OC[C@@H](C(=O)NCc1cn3c(n1)SCC3)C2. The first kappa shape index (κ1) is 15.4. The number of carbonyl (C=O) groups excluding carboxylic acids is 1. The van der Waals surface area contributed by atoms with Crippen molar-refractivity contribution in [3.05, 3.63) is 35.7 Å². The highest BCUT2D eigenvalue weighted by Gasteiger charge is 2.26. The van der Waals surface area contributed by atoms with Crippen LogP contribution in [0.3, 0.4) is 0 Å². The molecule has 2 aliphatic heterocycles. The van der Waals surface area contributed by atoms with E-state index in [9.17, 15) is 4.79 Å². The van der Waals surface area contributed by atoms with Crippen LogP contribution in [-0.2, 0) is 24.3 Å². The van der Waals surface area contributed by atoms with Crippen LogP contribution in [0.5, 0.6) is 11.5 Å². The fourth-order valence-electron chi connectivity index (χ4n) is 3.02. The topological polar surface area (TPSA) is 65.4 Å². The quantitative estimate of drug-likeness (QED) is 0.916. The second-order valence-electron chi connectivity index (χ2n) is 5.96. The van der Waals surface area contributed by atoms with Gasteiger partial charge in [0, 0.05) is 24.6 Å². The van der Waals surface area contributed by atoms with Gasteiger partial charge in [-0.3, -0.25) is 4.79 Å². The zero-order valence-electron chi connectivity index (χ0n) is 13.4. The van der Waals surface area contributed by atoms with Crippen LogP contribution in [0.1, 0.15) is 11.3 Å². The number of nitrogens with one attached hydrogen (secondary N) is 1. The molecule has 1 amide bonds. The van der Waals surface area contributed by atoms with Crippen LogP contribution in [0.2, 0.25) is 0 Å². The number of ether oxygens (including phenoxy) is 2. The molecule has 2 aromatic rings. The summed E-state index contributed by atoms with van der Waals surface area (Å²) in [7, 11) is 1.63. The summed E-state index contributed by atoms with van der Waals surface area (Å²) in [4.78, 5) is 17.0. The third-order valence-electron chi connectivity index (χ3n) is 4.35. The molecule has 1 N–H and O–H groups in total. The molecular weight excluding hydrogens is 326 g/mol. The van der Waals surface area contributed by atoms with E-state index >= 15 is 0 Å². The van der Waals surface area contributed by atoms with Gasteiger partial charge < -0.3 is 19.4 Å². The Kier molecular flexibility index (Phi) is 4.10. The Balaban J connectivity index is 1.36. The van der Waals surface area contributed by atoms with E-state index in [1.165, 1.54) is 0 Å². The highest BCUT2D eigenvalue weighted by atomic mass is 32.2. The minimum absolute atomic E-state index is 0.0114. The summed E-state index contributed by atoms with van der Waals surface area (Å²) in [6.07, 6.45) is 2.70. The van der Waals surface area contributed by atoms with E-state index in [2.05, 4.69) is 14.9 Å². The molecule has 1 aromatic heterocycles. The zero-order valence-corrected chi connectivity index (χ0v) is 14.3. The third-order valence-corrected chi connectivity index (χ3v) is 5.32. The normalized spacial score (nSPS) is 18.5. The number of amides is 1. The Morgan fingerprint density at radius 2 is 2.46 bits per heavy atom. The van der Waals surface area contributed by atoms with Gasteiger partial charge in [0.2, 0.25) is 5.91 Å². The lowest BCUT2D eigenvalue weighted by Crippen LogP contribution is -2.37. The molecule has 0 unspecified atom stereocenters. The molecule has 0 saturated carbocycles. The van der Waals surface area contributed by atoms with Crippen molar-refractivity contribution < 1.29 is 14.3 Å². The molecule has 7 heteroatoms. The number of aromatic nitrogens is 2. The second kappa shape index (κ2) is 6.39. The van der Waals surface area contributed by atoms with E-state index in [-0.39, 0.29) is 11.8 Å². The first-order chi connectivity index (χ1) is 11.7. The molecule has 0 fully saturated rings. The molecule has 0 aliphatic carbocycles. The molecule has 0 spiro atoms. The lowest BCUT2D eigenvalue weighted by molar-refractivity contribution is -0.126. The zero-order chi connectivity index (χ0) is 16.5. The molecule has 6 nitrogen and oxygen atoms in total. The molecule has 2 aliphatic rings. The molecule has 0 radical (unpaired) electrons. The second-order valence-corrected chi connectivity index (χ2v) is 7.02. The van der Waals surface area contributed by atoms with Crippen molar-refractivity contribution in [2.24, 2.45) is 5.92 Å². The summed E-state index contributed by atoms with van der Waals surface area (Å²) < 4.78 is 13.1. The van der Waals surface area contributed by atoms with Crippen molar-refractivity contribution in [2.75, 3.05) is 19.5 Å². The highest BCUT2D eigenvalue weighted by Crippen LogP contribution is 2.31. The van der Waals surface area contributed by atoms with Crippen LogP contribution in [0.15, 0.2) is 29.6 Å². The van der Waals surface area contributed by atoms with Crippen LogP contribution in [-0.4, -0.2) is 34.9 Å². The molecule has 0 saturated heterocycles. The molecule has 24 heavy (non-hydrogen) atoms. The number of hydrogen-bond donors (Lipinski definition) is 1. The minimum Gasteiger partial charge on any atom is -0.497 e. The van der Waals surface area contributed by atoms with Gasteiger partial charge in [0.05, 0.1) is 25.3 Å². The van der Waals surface area contributed by atoms with E-state index in [1.807, 2.05) is 24.4 Å². The van der Waals surface area contributed by atoms with Gasteiger partial charge in [-0.1, -0.05) is 17.8 Å². The Hall–Kier alpha value is -2.15. The van der Waals surface area contributed by atoms with Crippen LogP contribution in [0, 0.1) is 5.92 Å². The smallest absolute Gasteiger partial charge is 0.227 e. The molecule has 1 atom stereocenters. The van der Waals surface area contributed by atoms with E-state index in [0.717, 1.165) is 40.2 Å². The lowest BCUT2D eigenvalue weighted by Gasteiger charge is -2.24. The van der Waals surface area contributed by atoms with Gasteiger partial charge in [0.25, 0.3) is 0 Å². The average Bonchev–Trinajstić information content (AvgIpc) is 3.20. The summed E-state index contributed by atoms with van der Waals surface area (Å²) in [5.74, 6) is 2.49. The predicted octanol–water partition coefficient (Wildman–Crippen LogP) is 1.86. The summed E-state index contributed by atoms with van der Waals surface area (Å²) in [6.45, 7) is 1.85. The monoisotopic (exact) mass is 345 g/mol. The van der Waals surface area contributed by atoms with Crippen molar-refractivity contribution in [2.45, 2.75) is 24.7 Å². The van der Waals surface area contributed by atoms with Crippen LogP contribution in [0.25, 0.3) is 0 Å². The number of hydrogen-bond acceptors (Lipinski definition) is 5. The Morgan fingerprint density at radius 1 is 1.54 bits per heavy atom. The maximum atomic E-state index is 12.4. The summed E-state index contributed by atoms with van der Waals surface area (Å²) in [5.41, 5.74) is 1.95. The molecular formula is C17H19N3O3S. The van der Waals surface area contributed by atoms with Crippen LogP contribution in [0.4, 0.5) is 0 Å². The van der Waals surface area contributed by atoms with Gasteiger partial charge in [0.15, 0.2) is 5.16 Å². The van der Waals surface area contributed by atoms with E-state index < -0.39 is 0 Å². The molecule has 4 rings (SSSR count). The van der Waals surface area contributed by atoms with Crippen LogP contribution < -0.4 is 14.8 Å². The number of fused-ring (bicyclic) bond motifs is 2. The van der Waals surface area contributed by atoms with Gasteiger partial charge in [-0.05, 0) is 18.1 Å². The fraction of sp³-hybridized carbons (Fsp3) is 0.412. The highest BCUT2D eigenvalue weighted by molar-refractivity contribution is 7.99. The number of imidazole rings is 1. The van der Waals surface area contributed by atoms with E-state index in [4.69, 9.17) is 9.47 Å². The average molecular weight is 345 g/mol. The van der Waals surface area contributed by atoms with Gasteiger partial charge in [0.1, 0.15) is 18.1 Å². The number of benzene rings is 1. The number of carbonyl (C=O) groups is 1. The number of thioether (sulfide) groups is 1. The van der Waals surface area contributed by atoms with Crippen molar-refractivity contribution in [3.8, 4) is 11.5 Å². The number of aryl methyl sites for hydroxylation is 1. The fourth-order valence-corrected chi connectivity index (χ4v) is 3.98. The van der Waals surface area contributed by atoms with Crippen molar-refractivity contribution in [1.29, 1.82) is 0 Å². The minimum atomic E-state index is -0.172. The standard InChI is InChI=1S/C17H19N3O3S/c1-22-14-3-2-11-6-12(10-23-15(11)7-14)16(21)18-8-13-9-20-4-5-24-17(20)19-13/h2-3,7,9,12H,4-6,8,10H2,1H3,(H,18,21)/t12-/m0/s1. The number of rotatable bonds is 4. The van der Waals surface area contributed by atoms with Crippen molar-refractivity contribution in [3.63, 3.8) is 0 Å². The molecule has 0 bridgehead atoms. The molecule has 1 aromatic carbocycles. The molecule has 126 valence electrons. The van der Waals surface area contributed by atoms with Crippen molar-refractivity contribution in [1.82, 2.24) is 14.9 Å². The third kappa shape index (κ3) is 2.96. The van der Waals surface area contributed by atoms with E-state index in [1.54, 1.807) is 18.9 Å². The number of methoxy groups -OCH3 is 1. The van der Waals surface area contributed by atoms with E-state index in [0.29, 0.717) is 19.6 Å². The lowest BCUT2D eigenvalue weighted by atomic mass is 9.96. The maximum absolute atomic E-state index is 12.4. The first-order valence-electron chi connectivity index (χ1n) is 7.99. The Labute approximate surface area is 144 Å². The summed E-state index contributed by atoms with van der Waals surface area (Å²) in [5, 5.41) is 4.03. The van der Waals surface area contributed by atoms with Gasteiger partial charge >= 0.3 is 0 Å². The number of nitrogens with zero attached hydrogens (tertiary/aromatic N) is 2. The largest absolute Gasteiger partial charge is 0.497 e. The van der Waals surface area contributed by atoms with Crippen LogP contribution >= 0.6 is 11.8 Å². The maximum Gasteiger partial charge on any atom is 0.227 e. The molecule has 3 heterocycles. The Morgan fingerprint density at radius 3 is 3.29 bits per heavy atom.